The zero-order valence-electron chi connectivity index (χ0n) is 19.8. The maximum absolute atomic E-state index is 12.1. The molecule has 0 atom stereocenters. The standard InChI is InChI=1S/C28H30N4O2/c1-28(2,3)22-13-15-24(16-14-22)34-18-17-32-20-21(25-11-7-8-12-26(25)32)19-29-31-27(33)30-23-9-5-4-6-10-23/h4-16,19-20H,17-18H2,1-3H3,(H2,30,31,33)/b29-19+. The first-order valence-electron chi connectivity index (χ1n) is 11.4. The minimum atomic E-state index is -0.392. The molecule has 2 N–H and O–H groups in total. The molecule has 0 aliphatic heterocycles. The summed E-state index contributed by atoms with van der Waals surface area (Å²) in [6.07, 6.45) is 3.69. The molecule has 0 unspecified atom stereocenters. The SMILES string of the molecule is CC(C)(C)c1ccc(OCCn2cc(/C=N/NC(=O)Nc3ccccc3)c3ccccc32)cc1. The number of urea groups is 1. The quantitative estimate of drug-likeness (QED) is 0.259. The van der Waals surface area contributed by atoms with Crippen molar-refractivity contribution in [2.75, 3.05) is 11.9 Å². The summed E-state index contributed by atoms with van der Waals surface area (Å²) in [5.74, 6) is 0.861. The van der Waals surface area contributed by atoms with E-state index in [9.17, 15) is 4.79 Å². The van der Waals surface area contributed by atoms with Gasteiger partial charge in [-0.2, -0.15) is 5.10 Å². The molecule has 0 saturated heterocycles. The molecule has 0 fully saturated rings. The third kappa shape index (κ3) is 5.84. The number of ether oxygens (including phenoxy) is 1. The third-order valence-corrected chi connectivity index (χ3v) is 5.54. The number of hydrogen-bond donors (Lipinski definition) is 2. The number of hydrazone groups is 1. The van der Waals surface area contributed by atoms with Crippen LogP contribution in [0.15, 0.2) is 90.2 Å². The summed E-state index contributed by atoms with van der Waals surface area (Å²) in [4.78, 5) is 12.1. The van der Waals surface area contributed by atoms with Crippen molar-refractivity contribution in [3.05, 3.63) is 96.2 Å². The molecule has 4 rings (SSSR count). The molecule has 6 heteroatoms. The van der Waals surface area contributed by atoms with Crippen molar-refractivity contribution in [2.45, 2.75) is 32.7 Å². The minimum absolute atomic E-state index is 0.123. The van der Waals surface area contributed by atoms with Gasteiger partial charge >= 0.3 is 6.03 Å². The first-order chi connectivity index (χ1) is 16.4. The molecule has 4 aromatic rings. The number of rotatable bonds is 7. The zero-order valence-corrected chi connectivity index (χ0v) is 19.8. The number of amides is 2. The van der Waals surface area contributed by atoms with Crippen molar-refractivity contribution >= 4 is 28.8 Å². The highest BCUT2D eigenvalue weighted by atomic mass is 16.5. The van der Waals surface area contributed by atoms with Crippen molar-refractivity contribution in [3.63, 3.8) is 0 Å². The van der Waals surface area contributed by atoms with Crippen LogP contribution in [0.3, 0.4) is 0 Å². The fourth-order valence-electron chi connectivity index (χ4n) is 3.72. The molecule has 0 aliphatic carbocycles. The molecule has 0 bridgehead atoms. The maximum Gasteiger partial charge on any atom is 0.339 e. The van der Waals surface area contributed by atoms with E-state index >= 15 is 0 Å². The molecule has 2 amide bonds. The molecular weight excluding hydrogens is 424 g/mol. The largest absolute Gasteiger partial charge is 0.492 e. The van der Waals surface area contributed by atoms with E-state index in [1.165, 1.54) is 5.56 Å². The van der Waals surface area contributed by atoms with Crippen molar-refractivity contribution in [1.82, 2.24) is 9.99 Å². The Bertz CT molecular complexity index is 1270. The number of para-hydroxylation sites is 2. The van der Waals surface area contributed by atoms with Gasteiger partial charge in [-0.3, -0.25) is 0 Å². The van der Waals surface area contributed by atoms with Gasteiger partial charge in [-0.05, 0) is 41.3 Å². The topological polar surface area (TPSA) is 67.6 Å². The Hall–Kier alpha value is -4.06. The van der Waals surface area contributed by atoms with E-state index in [1.54, 1.807) is 6.21 Å². The average Bonchev–Trinajstić information content (AvgIpc) is 3.17. The van der Waals surface area contributed by atoms with E-state index in [-0.39, 0.29) is 5.41 Å². The number of carbonyl (C=O) groups excluding carboxylic acids is 1. The van der Waals surface area contributed by atoms with Crippen molar-refractivity contribution in [3.8, 4) is 5.75 Å². The molecule has 0 aliphatic rings. The van der Waals surface area contributed by atoms with E-state index in [1.807, 2.05) is 66.9 Å². The Labute approximate surface area is 200 Å². The van der Waals surface area contributed by atoms with Gasteiger partial charge in [0.25, 0.3) is 0 Å². The Balaban J connectivity index is 1.38. The number of fused-ring (bicyclic) bond motifs is 1. The second-order valence-corrected chi connectivity index (χ2v) is 9.11. The van der Waals surface area contributed by atoms with Crippen LogP contribution in [0.5, 0.6) is 5.75 Å². The monoisotopic (exact) mass is 454 g/mol. The molecule has 34 heavy (non-hydrogen) atoms. The number of nitrogens with zero attached hydrogens (tertiary/aromatic N) is 2. The lowest BCUT2D eigenvalue weighted by Crippen LogP contribution is -2.24. The summed E-state index contributed by atoms with van der Waals surface area (Å²) in [6, 6.07) is 25.3. The van der Waals surface area contributed by atoms with Crippen molar-refractivity contribution in [1.29, 1.82) is 0 Å². The zero-order chi connectivity index (χ0) is 24.0. The van der Waals surface area contributed by atoms with Crippen LogP contribution in [-0.2, 0) is 12.0 Å². The first-order valence-corrected chi connectivity index (χ1v) is 11.4. The number of carbonyl (C=O) groups is 1. The molecule has 3 aromatic carbocycles. The van der Waals surface area contributed by atoms with Gasteiger partial charge in [0.2, 0.25) is 0 Å². The second kappa shape index (κ2) is 10.3. The van der Waals surface area contributed by atoms with Crippen LogP contribution in [0.1, 0.15) is 31.9 Å². The predicted molar refractivity (Wildman–Crippen MR) is 139 cm³/mol. The Kier molecular flexibility index (Phi) is 6.97. The van der Waals surface area contributed by atoms with Crippen molar-refractivity contribution in [2.24, 2.45) is 5.10 Å². The highest BCUT2D eigenvalue weighted by molar-refractivity contribution is 6.00. The number of benzene rings is 3. The van der Waals surface area contributed by atoms with Gasteiger partial charge in [0.05, 0.1) is 12.8 Å². The molecule has 0 radical (unpaired) electrons. The highest BCUT2D eigenvalue weighted by Crippen LogP contribution is 2.24. The fraction of sp³-hybridized carbons (Fsp3) is 0.214. The number of nitrogens with one attached hydrogen (secondary N) is 2. The molecular formula is C28H30N4O2. The molecule has 0 spiro atoms. The smallest absolute Gasteiger partial charge is 0.339 e. The predicted octanol–water partition coefficient (Wildman–Crippen LogP) is 6.17. The summed E-state index contributed by atoms with van der Waals surface area (Å²) in [6.45, 7) is 7.84. The lowest BCUT2D eigenvalue weighted by molar-refractivity contribution is 0.252. The lowest BCUT2D eigenvalue weighted by Gasteiger charge is -2.19. The summed E-state index contributed by atoms with van der Waals surface area (Å²) in [5.41, 5.74) is 6.64. The second-order valence-electron chi connectivity index (χ2n) is 9.11. The van der Waals surface area contributed by atoms with Crippen LogP contribution in [0.4, 0.5) is 10.5 Å². The van der Waals surface area contributed by atoms with Crippen LogP contribution in [0.2, 0.25) is 0 Å². The van der Waals surface area contributed by atoms with Crippen LogP contribution in [-0.4, -0.2) is 23.4 Å². The summed E-state index contributed by atoms with van der Waals surface area (Å²) in [7, 11) is 0. The summed E-state index contributed by atoms with van der Waals surface area (Å²) >= 11 is 0. The summed E-state index contributed by atoms with van der Waals surface area (Å²) < 4.78 is 8.13. The van der Waals surface area contributed by atoms with Crippen LogP contribution >= 0.6 is 0 Å². The number of anilines is 1. The minimum Gasteiger partial charge on any atom is -0.492 e. The first kappa shape index (κ1) is 23.1. The van der Waals surface area contributed by atoms with Gasteiger partial charge in [0, 0.05) is 28.4 Å². The maximum atomic E-state index is 12.1. The van der Waals surface area contributed by atoms with Crippen LogP contribution < -0.4 is 15.5 Å². The molecule has 0 saturated carbocycles. The Morgan fingerprint density at radius 3 is 2.41 bits per heavy atom. The molecule has 1 heterocycles. The molecule has 174 valence electrons. The van der Waals surface area contributed by atoms with Crippen LogP contribution in [0.25, 0.3) is 10.9 Å². The van der Waals surface area contributed by atoms with Gasteiger partial charge in [-0.15, -0.1) is 0 Å². The number of aromatic nitrogens is 1. The highest BCUT2D eigenvalue weighted by Gasteiger charge is 2.13. The van der Waals surface area contributed by atoms with Crippen LogP contribution in [0, 0.1) is 0 Å². The van der Waals surface area contributed by atoms with Gasteiger partial charge in [-0.25, -0.2) is 10.2 Å². The fourth-order valence-corrected chi connectivity index (χ4v) is 3.72. The van der Waals surface area contributed by atoms with E-state index < -0.39 is 6.03 Å². The van der Waals surface area contributed by atoms with Crippen molar-refractivity contribution < 1.29 is 9.53 Å². The van der Waals surface area contributed by atoms with E-state index in [0.717, 1.165) is 22.2 Å². The van der Waals surface area contributed by atoms with Gasteiger partial charge in [-0.1, -0.05) is 69.3 Å². The normalized spacial score (nSPS) is 11.6. The molecule has 1 aromatic heterocycles. The Morgan fingerprint density at radius 1 is 0.971 bits per heavy atom. The molecule has 6 nitrogen and oxygen atoms in total. The van der Waals surface area contributed by atoms with E-state index in [4.69, 9.17) is 4.74 Å². The van der Waals surface area contributed by atoms with Gasteiger partial charge in [0.1, 0.15) is 12.4 Å². The Morgan fingerprint density at radius 2 is 1.68 bits per heavy atom. The van der Waals surface area contributed by atoms with Gasteiger partial charge < -0.3 is 14.6 Å². The van der Waals surface area contributed by atoms with E-state index in [2.05, 4.69) is 59.4 Å². The van der Waals surface area contributed by atoms with Gasteiger partial charge in [0.15, 0.2) is 0 Å². The lowest BCUT2D eigenvalue weighted by atomic mass is 9.87. The average molecular weight is 455 g/mol. The number of hydrogen-bond acceptors (Lipinski definition) is 3. The third-order valence-electron chi connectivity index (χ3n) is 5.54. The summed E-state index contributed by atoms with van der Waals surface area (Å²) in [5, 5.41) is 7.93. The van der Waals surface area contributed by atoms with E-state index in [0.29, 0.717) is 18.8 Å².